The summed E-state index contributed by atoms with van der Waals surface area (Å²) in [5, 5.41) is 2.92. The van der Waals surface area contributed by atoms with E-state index in [4.69, 9.17) is 0 Å². The number of carbonyl (C=O) groups excluding carboxylic acids is 3. The van der Waals surface area contributed by atoms with Gasteiger partial charge in [-0.05, 0) is 48.6 Å². The quantitative estimate of drug-likeness (QED) is 0.602. The molecule has 0 saturated heterocycles. The van der Waals surface area contributed by atoms with Crippen molar-refractivity contribution in [1.29, 1.82) is 0 Å². The third-order valence-corrected chi connectivity index (χ3v) is 4.68. The van der Waals surface area contributed by atoms with Gasteiger partial charge in [-0.1, -0.05) is 38.1 Å². The highest BCUT2D eigenvalue weighted by atomic mass is 16.2. The van der Waals surface area contributed by atoms with Crippen LogP contribution in [0.25, 0.3) is 0 Å². The number of hydrogen-bond acceptors (Lipinski definition) is 3. The van der Waals surface area contributed by atoms with Crippen molar-refractivity contribution in [3.05, 3.63) is 70.8 Å². The molecule has 3 rings (SSSR count). The lowest BCUT2D eigenvalue weighted by Crippen LogP contribution is -2.29. The van der Waals surface area contributed by atoms with Gasteiger partial charge >= 0.3 is 0 Å². The Hall–Kier alpha value is -2.95. The first kappa shape index (κ1) is 18.8. The minimum atomic E-state index is -0.275. The molecule has 2 aromatic rings. The molecule has 3 amide bonds. The maximum Gasteiger partial charge on any atom is 0.261 e. The van der Waals surface area contributed by atoms with Crippen molar-refractivity contribution in [3.8, 4) is 0 Å². The third-order valence-electron chi connectivity index (χ3n) is 4.68. The second kappa shape index (κ2) is 8.16. The smallest absolute Gasteiger partial charge is 0.261 e. The summed E-state index contributed by atoms with van der Waals surface area (Å²) in [5.41, 5.74) is 2.27. The van der Waals surface area contributed by atoms with Gasteiger partial charge in [0.05, 0.1) is 17.7 Å². The van der Waals surface area contributed by atoms with Gasteiger partial charge in [-0.25, -0.2) is 0 Å². The normalized spacial score (nSPS) is 13.2. The van der Waals surface area contributed by atoms with E-state index in [0.717, 1.165) is 18.4 Å². The molecule has 0 fully saturated rings. The zero-order valence-corrected chi connectivity index (χ0v) is 15.7. The molecule has 27 heavy (non-hydrogen) atoms. The molecule has 5 nitrogen and oxygen atoms in total. The van der Waals surface area contributed by atoms with Gasteiger partial charge < -0.3 is 5.32 Å². The Morgan fingerprint density at radius 2 is 1.56 bits per heavy atom. The predicted octanol–water partition coefficient (Wildman–Crippen LogP) is 3.65. The van der Waals surface area contributed by atoms with Crippen LogP contribution in [0.3, 0.4) is 0 Å². The Morgan fingerprint density at radius 1 is 0.963 bits per heavy atom. The van der Waals surface area contributed by atoms with Crippen LogP contribution in [-0.2, 0) is 6.54 Å². The molecule has 0 bridgehead atoms. The van der Waals surface area contributed by atoms with E-state index in [1.807, 2.05) is 0 Å². The van der Waals surface area contributed by atoms with Crippen LogP contribution in [0.2, 0.25) is 0 Å². The van der Waals surface area contributed by atoms with Crippen molar-refractivity contribution in [1.82, 2.24) is 10.2 Å². The summed E-state index contributed by atoms with van der Waals surface area (Å²) in [6.45, 7) is 5.18. The molecule has 0 aliphatic carbocycles. The number of imide groups is 1. The van der Waals surface area contributed by atoms with Gasteiger partial charge in [0, 0.05) is 12.1 Å². The average molecular weight is 364 g/mol. The first-order chi connectivity index (χ1) is 13.0. The Kier molecular flexibility index (Phi) is 5.69. The Labute approximate surface area is 159 Å². The first-order valence-corrected chi connectivity index (χ1v) is 9.29. The van der Waals surface area contributed by atoms with E-state index < -0.39 is 0 Å². The van der Waals surface area contributed by atoms with Gasteiger partial charge in [0.2, 0.25) is 0 Å². The fourth-order valence-electron chi connectivity index (χ4n) is 3.14. The topological polar surface area (TPSA) is 66.5 Å². The van der Waals surface area contributed by atoms with E-state index in [-0.39, 0.29) is 24.3 Å². The number of fused-ring (bicyclic) bond motifs is 1. The van der Waals surface area contributed by atoms with Crippen LogP contribution >= 0.6 is 0 Å². The number of hydrogen-bond donors (Lipinski definition) is 1. The number of amides is 3. The first-order valence-electron chi connectivity index (χ1n) is 9.29. The van der Waals surface area contributed by atoms with Crippen LogP contribution < -0.4 is 5.32 Å². The molecule has 0 aromatic heterocycles. The zero-order valence-electron chi connectivity index (χ0n) is 15.7. The van der Waals surface area contributed by atoms with E-state index in [1.165, 1.54) is 4.90 Å². The van der Waals surface area contributed by atoms with Crippen molar-refractivity contribution in [3.63, 3.8) is 0 Å². The summed E-state index contributed by atoms with van der Waals surface area (Å²) in [7, 11) is 0. The largest absolute Gasteiger partial charge is 0.352 e. The van der Waals surface area contributed by atoms with Crippen LogP contribution in [0, 0.1) is 5.92 Å². The maximum atomic E-state index is 12.4. The molecule has 0 radical (unpaired) electrons. The SMILES string of the molecule is CC(C)CCCNC(=O)c1ccc(CN2C(=O)c3ccccc3C2=O)cc1. The average Bonchev–Trinajstić information content (AvgIpc) is 2.91. The monoisotopic (exact) mass is 364 g/mol. The minimum absolute atomic E-state index is 0.106. The lowest BCUT2D eigenvalue weighted by molar-refractivity contribution is 0.0642. The fourth-order valence-corrected chi connectivity index (χ4v) is 3.14. The number of rotatable bonds is 7. The van der Waals surface area contributed by atoms with Gasteiger partial charge in [0.15, 0.2) is 0 Å². The summed E-state index contributed by atoms with van der Waals surface area (Å²) < 4.78 is 0. The van der Waals surface area contributed by atoms with E-state index in [1.54, 1.807) is 48.5 Å². The number of nitrogens with one attached hydrogen (secondary N) is 1. The molecule has 1 heterocycles. The van der Waals surface area contributed by atoms with Crippen molar-refractivity contribution in [2.75, 3.05) is 6.54 Å². The van der Waals surface area contributed by atoms with E-state index in [2.05, 4.69) is 19.2 Å². The lowest BCUT2D eigenvalue weighted by atomic mass is 10.1. The Morgan fingerprint density at radius 3 is 2.11 bits per heavy atom. The van der Waals surface area contributed by atoms with Crippen LogP contribution in [0.15, 0.2) is 48.5 Å². The molecule has 0 saturated carbocycles. The molecular formula is C22H24N2O3. The summed E-state index contributed by atoms with van der Waals surface area (Å²) in [5.74, 6) is -0.0282. The highest BCUT2D eigenvalue weighted by molar-refractivity contribution is 6.21. The van der Waals surface area contributed by atoms with Gasteiger partial charge in [-0.3, -0.25) is 19.3 Å². The van der Waals surface area contributed by atoms with E-state index >= 15 is 0 Å². The van der Waals surface area contributed by atoms with E-state index in [0.29, 0.717) is 29.2 Å². The summed E-state index contributed by atoms with van der Waals surface area (Å²) >= 11 is 0. The number of carbonyl (C=O) groups is 3. The highest BCUT2D eigenvalue weighted by Crippen LogP contribution is 2.24. The highest BCUT2D eigenvalue weighted by Gasteiger charge is 2.34. The van der Waals surface area contributed by atoms with Crippen molar-refractivity contribution in [2.45, 2.75) is 33.2 Å². The number of nitrogens with zero attached hydrogens (tertiary/aromatic N) is 1. The van der Waals surface area contributed by atoms with Crippen LogP contribution in [0.4, 0.5) is 0 Å². The maximum absolute atomic E-state index is 12.4. The molecule has 0 unspecified atom stereocenters. The predicted molar refractivity (Wildman–Crippen MR) is 103 cm³/mol. The minimum Gasteiger partial charge on any atom is -0.352 e. The van der Waals surface area contributed by atoms with Crippen molar-refractivity contribution < 1.29 is 14.4 Å². The Balaban J connectivity index is 1.59. The molecule has 0 atom stereocenters. The zero-order chi connectivity index (χ0) is 19.4. The summed E-state index contributed by atoms with van der Waals surface area (Å²) in [6, 6.07) is 13.9. The van der Waals surface area contributed by atoms with Gasteiger partial charge in [-0.2, -0.15) is 0 Å². The molecule has 1 N–H and O–H groups in total. The second-order valence-corrected chi connectivity index (χ2v) is 7.23. The molecule has 5 heteroatoms. The summed E-state index contributed by atoms with van der Waals surface area (Å²) in [4.78, 5) is 38.3. The Bertz CT molecular complexity index is 821. The molecule has 140 valence electrons. The molecular weight excluding hydrogens is 340 g/mol. The van der Waals surface area contributed by atoms with Crippen LogP contribution in [-0.4, -0.2) is 29.2 Å². The van der Waals surface area contributed by atoms with E-state index in [9.17, 15) is 14.4 Å². The lowest BCUT2D eigenvalue weighted by Gasteiger charge is -2.14. The van der Waals surface area contributed by atoms with Gasteiger partial charge in [0.1, 0.15) is 0 Å². The standard InChI is InChI=1S/C22H24N2O3/c1-15(2)6-5-13-23-20(25)17-11-9-16(10-12-17)14-24-21(26)18-7-3-4-8-19(18)22(24)27/h3-4,7-12,15H,5-6,13-14H2,1-2H3,(H,23,25). The molecule has 2 aromatic carbocycles. The number of benzene rings is 2. The van der Waals surface area contributed by atoms with Crippen molar-refractivity contribution >= 4 is 17.7 Å². The second-order valence-electron chi connectivity index (χ2n) is 7.23. The molecule has 1 aliphatic heterocycles. The fraction of sp³-hybridized carbons (Fsp3) is 0.318. The van der Waals surface area contributed by atoms with Crippen LogP contribution in [0.5, 0.6) is 0 Å². The summed E-state index contributed by atoms with van der Waals surface area (Å²) in [6.07, 6.45) is 2.04. The third kappa shape index (κ3) is 4.25. The van der Waals surface area contributed by atoms with Gasteiger partial charge in [-0.15, -0.1) is 0 Å². The molecule has 1 aliphatic rings. The molecule has 0 spiro atoms. The van der Waals surface area contributed by atoms with Crippen LogP contribution in [0.1, 0.15) is 63.3 Å². The van der Waals surface area contributed by atoms with Gasteiger partial charge in [0.25, 0.3) is 17.7 Å². The van der Waals surface area contributed by atoms with Crippen molar-refractivity contribution in [2.24, 2.45) is 5.92 Å².